The molecular formula is C7H13BrN2O2S. The minimum Gasteiger partial charge on any atom is -0.376 e. The number of nitrogens with one attached hydrogen (secondary N) is 1. The highest BCUT2D eigenvalue weighted by Gasteiger charge is 2.11. The Hall–Kier alpha value is -0.0700. The molecule has 4 nitrogen and oxygen atoms in total. The summed E-state index contributed by atoms with van der Waals surface area (Å²) in [6.45, 7) is 1.50. The maximum absolute atomic E-state index is 11.2. The molecule has 0 aromatic rings. The molecule has 76 valence electrons. The zero-order valence-corrected chi connectivity index (χ0v) is 9.64. The van der Waals surface area contributed by atoms with Crippen molar-refractivity contribution >= 4 is 26.0 Å². The minimum atomic E-state index is -3.09. The van der Waals surface area contributed by atoms with Gasteiger partial charge in [-0.05, 0) is 12.6 Å². The van der Waals surface area contributed by atoms with Crippen LogP contribution in [0.4, 0.5) is 0 Å². The maximum atomic E-state index is 11.2. The van der Waals surface area contributed by atoms with Crippen molar-refractivity contribution in [1.82, 2.24) is 9.62 Å². The van der Waals surface area contributed by atoms with Crippen LogP contribution in [0.1, 0.15) is 6.42 Å². The predicted octanol–water partition coefficient (Wildman–Crippen LogP) is 0.478. The van der Waals surface area contributed by atoms with E-state index >= 15 is 0 Å². The molecule has 1 rings (SSSR count). The third kappa shape index (κ3) is 4.10. The Bertz CT molecular complexity index is 276. The molecule has 0 fully saturated rings. The number of nitrogens with zero attached hydrogens (tertiary/aromatic N) is 1. The van der Waals surface area contributed by atoms with Crippen molar-refractivity contribution in [2.75, 3.05) is 24.3 Å². The maximum Gasteiger partial charge on any atom is 0.214 e. The Labute approximate surface area is 87.2 Å². The summed E-state index contributed by atoms with van der Waals surface area (Å²) in [5.74, 6) is 0.156. The van der Waals surface area contributed by atoms with Crippen LogP contribution in [0.5, 0.6) is 0 Å². The lowest BCUT2D eigenvalue weighted by atomic mass is 10.5. The van der Waals surface area contributed by atoms with Gasteiger partial charge in [0.1, 0.15) is 0 Å². The quantitative estimate of drug-likeness (QED) is 0.583. The van der Waals surface area contributed by atoms with Crippen LogP contribution in [-0.2, 0) is 10.0 Å². The fraction of sp³-hybridized carbons (Fsp3) is 0.714. The molecule has 0 unspecified atom stereocenters. The van der Waals surface area contributed by atoms with Gasteiger partial charge in [-0.15, -0.1) is 0 Å². The van der Waals surface area contributed by atoms with Crippen molar-refractivity contribution in [2.24, 2.45) is 0 Å². The summed E-state index contributed by atoms with van der Waals surface area (Å²) in [7, 11) is -3.09. The van der Waals surface area contributed by atoms with Crippen LogP contribution in [0.3, 0.4) is 0 Å². The van der Waals surface area contributed by atoms with Crippen LogP contribution in [0.15, 0.2) is 12.3 Å². The van der Waals surface area contributed by atoms with E-state index < -0.39 is 10.0 Å². The zero-order chi connectivity index (χ0) is 9.73. The van der Waals surface area contributed by atoms with E-state index in [1.807, 2.05) is 17.2 Å². The molecule has 0 spiro atoms. The lowest BCUT2D eigenvalue weighted by molar-refractivity contribution is 0.428. The largest absolute Gasteiger partial charge is 0.376 e. The molecule has 1 heterocycles. The van der Waals surface area contributed by atoms with E-state index in [-0.39, 0.29) is 11.2 Å². The van der Waals surface area contributed by atoms with Crippen LogP contribution >= 0.6 is 15.9 Å². The van der Waals surface area contributed by atoms with Crippen LogP contribution in [-0.4, -0.2) is 37.6 Å². The van der Waals surface area contributed by atoms with E-state index in [4.69, 9.17) is 0 Å². The third-order valence-corrected chi connectivity index (χ3v) is 3.78. The van der Waals surface area contributed by atoms with Crippen molar-refractivity contribution in [2.45, 2.75) is 6.42 Å². The molecular weight excluding hydrogens is 256 g/mol. The second-order valence-electron chi connectivity index (χ2n) is 2.81. The van der Waals surface area contributed by atoms with Crippen molar-refractivity contribution in [3.8, 4) is 0 Å². The third-order valence-electron chi connectivity index (χ3n) is 1.82. The van der Waals surface area contributed by atoms with Gasteiger partial charge in [0, 0.05) is 13.1 Å². The monoisotopic (exact) mass is 268 g/mol. The standard InChI is InChI=1S/C7H13BrN2O2S/c8-7-9-13(11,12)6-5-10-3-1-2-4-10/h1,3,9H,2,4-7H2. The van der Waals surface area contributed by atoms with E-state index in [0.29, 0.717) is 6.54 Å². The minimum absolute atomic E-state index is 0.156. The van der Waals surface area contributed by atoms with Gasteiger partial charge in [0.2, 0.25) is 10.0 Å². The molecule has 0 amide bonds. The van der Waals surface area contributed by atoms with Gasteiger partial charge in [-0.1, -0.05) is 22.0 Å². The van der Waals surface area contributed by atoms with Crippen LogP contribution in [0.25, 0.3) is 0 Å². The fourth-order valence-electron chi connectivity index (χ4n) is 1.12. The normalized spacial score (nSPS) is 16.8. The van der Waals surface area contributed by atoms with Gasteiger partial charge in [-0.25, -0.2) is 13.1 Å². The first-order valence-corrected chi connectivity index (χ1v) is 6.85. The van der Waals surface area contributed by atoms with Gasteiger partial charge in [0.15, 0.2) is 0 Å². The van der Waals surface area contributed by atoms with E-state index in [2.05, 4.69) is 20.7 Å². The van der Waals surface area contributed by atoms with Gasteiger partial charge in [-0.3, -0.25) is 0 Å². The number of alkyl halides is 1. The number of halogens is 1. The van der Waals surface area contributed by atoms with E-state index in [9.17, 15) is 8.42 Å². The van der Waals surface area contributed by atoms with Crippen molar-refractivity contribution in [3.63, 3.8) is 0 Å². The van der Waals surface area contributed by atoms with Crippen molar-refractivity contribution < 1.29 is 8.42 Å². The molecule has 0 saturated heterocycles. The van der Waals surface area contributed by atoms with E-state index in [0.717, 1.165) is 13.0 Å². The zero-order valence-electron chi connectivity index (χ0n) is 7.24. The van der Waals surface area contributed by atoms with E-state index in [1.165, 1.54) is 0 Å². The molecule has 0 aromatic carbocycles. The molecule has 0 atom stereocenters. The van der Waals surface area contributed by atoms with Crippen LogP contribution in [0.2, 0.25) is 0 Å². The van der Waals surface area contributed by atoms with Gasteiger partial charge >= 0.3 is 0 Å². The molecule has 0 aromatic heterocycles. The summed E-state index contributed by atoms with van der Waals surface area (Å²) in [5, 5.41) is 0. The van der Waals surface area contributed by atoms with Crippen LogP contribution < -0.4 is 4.72 Å². The summed E-state index contributed by atoms with van der Waals surface area (Å²) in [5.41, 5.74) is 0.283. The topological polar surface area (TPSA) is 49.4 Å². The molecule has 0 bridgehead atoms. The van der Waals surface area contributed by atoms with Gasteiger partial charge in [0.25, 0.3) is 0 Å². The first kappa shape index (κ1) is 11.0. The fourth-order valence-corrected chi connectivity index (χ4v) is 2.95. The summed E-state index contributed by atoms with van der Waals surface area (Å²) in [6.07, 6.45) is 5.01. The Morgan fingerprint density at radius 3 is 2.85 bits per heavy atom. The van der Waals surface area contributed by atoms with Crippen molar-refractivity contribution in [1.29, 1.82) is 0 Å². The molecule has 1 aliphatic heterocycles. The molecule has 0 aliphatic carbocycles. The van der Waals surface area contributed by atoms with Gasteiger partial charge < -0.3 is 4.90 Å². The van der Waals surface area contributed by atoms with Crippen LogP contribution in [0, 0.1) is 0 Å². The lowest BCUT2D eigenvalue weighted by Crippen LogP contribution is -2.31. The molecule has 1 N–H and O–H groups in total. The Kier molecular flexibility index (Phi) is 4.21. The highest BCUT2D eigenvalue weighted by atomic mass is 79.9. The van der Waals surface area contributed by atoms with Gasteiger partial charge in [0.05, 0.1) is 11.2 Å². The number of sulfonamides is 1. The average Bonchev–Trinajstić information content (AvgIpc) is 2.52. The first-order chi connectivity index (χ1) is 6.14. The summed E-state index contributed by atoms with van der Waals surface area (Å²) < 4.78 is 24.8. The first-order valence-electron chi connectivity index (χ1n) is 4.08. The SMILES string of the molecule is O=S(=O)(CCN1C=CCC1)NCBr. The van der Waals surface area contributed by atoms with Crippen molar-refractivity contribution in [3.05, 3.63) is 12.3 Å². The number of rotatable bonds is 5. The smallest absolute Gasteiger partial charge is 0.214 e. The van der Waals surface area contributed by atoms with Gasteiger partial charge in [-0.2, -0.15) is 0 Å². The number of hydrogen-bond donors (Lipinski definition) is 1. The molecule has 0 radical (unpaired) electrons. The highest BCUT2D eigenvalue weighted by Crippen LogP contribution is 2.03. The molecule has 13 heavy (non-hydrogen) atoms. The Balaban J connectivity index is 2.28. The summed E-state index contributed by atoms with van der Waals surface area (Å²) >= 11 is 3.02. The highest BCUT2D eigenvalue weighted by molar-refractivity contribution is 9.09. The second kappa shape index (κ2) is 4.97. The molecule has 0 saturated carbocycles. The summed E-state index contributed by atoms with van der Waals surface area (Å²) in [6, 6.07) is 0. The average molecular weight is 269 g/mol. The summed E-state index contributed by atoms with van der Waals surface area (Å²) in [4.78, 5) is 2.01. The Morgan fingerprint density at radius 2 is 2.31 bits per heavy atom. The second-order valence-corrected chi connectivity index (χ2v) is 5.29. The lowest BCUT2D eigenvalue weighted by Gasteiger charge is -2.14. The molecule has 6 heteroatoms. The predicted molar refractivity (Wildman–Crippen MR) is 56.0 cm³/mol. The number of hydrogen-bond acceptors (Lipinski definition) is 3. The van der Waals surface area contributed by atoms with E-state index in [1.54, 1.807) is 0 Å². The Morgan fingerprint density at radius 1 is 1.54 bits per heavy atom. The molecule has 1 aliphatic rings.